The van der Waals surface area contributed by atoms with Gasteiger partial charge in [0.1, 0.15) is 5.75 Å². The molecule has 4 bridgehead atoms. The summed E-state index contributed by atoms with van der Waals surface area (Å²) in [6, 6.07) is 48.5. The van der Waals surface area contributed by atoms with E-state index in [0.717, 1.165) is 31.4 Å². The van der Waals surface area contributed by atoms with Crippen LogP contribution in [0.2, 0.25) is 0 Å². The standard InChI is InChI=1S/C29H28O3.C27H24O2/c1-18(2)28(30)32-17-9-16-29-22-12-7-5-10-20(22)26(21-11-6-8-13-23(21)29)25-19(3)14-15-24(31-4)27(25)29;1-18(2)26(28)29-17-9-16-27-22-13-6-3-10-19(22)25(20-11-4-7-14-23(20)27)21-12-5-8-15-24(21)27/h5-8,10-15,26H,1,9,16-17H2,2-4H3;3-8,10-15,25H,1,9,16-17H2,2H3. The first kappa shape index (κ1) is 40.0. The summed E-state index contributed by atoms with van der Waals surface area (Å²) >= 11 is 0. The van der Waals surface area contributed by atoms with Gasteiger partial charge in [-0.15, -0.1) is 0 Å². The second-order valence-corrected chi connectivity index (χ2v) is 17.0. The molecular formula is C56H52O5. The highest BCUT2D eigenvalue weighted by atomic mass is 16.5. The second kappa shape index (κ2) is 15.9. The fourth-order valence-corrected chi connectivity index (χ4v) is 11.3. The predicted molar refractivity (Wildman–Crippen MR) is 242 cm³/mol. The number of hydrogen-bond acceptors (Lipinski definition) is 5. The summed E-state index contributed by atoms with van der Waals surface area (Å²) in [5.74, 6) is 0.788. The molecule has 0 radical (unpaired) electrons. The minimum Gasteiger partial charge on any atom is -0.496 e. The van der Waals surface area contributed by atoms with E-state index in [9.17, 15) is 9.59 Å². The maximum absolute atomic E-state index is 11.9. The maximum Gasteiger partial charge on any atom is 0.333 e. The van der Waals surface area contributed by atoms with Gasteiger partial charge in [0, 0.05) is 39.4 Å². The lowest BCUT2D eigenvalue weighted by Crippen LogP contribution is -2.43. The lowest BCUT2D eigenvalue weighted by Gasteiger charge is -2.51. The lowest BCUT2D eigenvalue weighted by atomic mass is 9.51. The minimum absolute atomic E-state index is 0.200. The molecule has 6 aromatic carbocycles. The molecule has 0 heterocycles. The predicted octanol–water partition coefficient (Wildman–Crippen LogP) is 11.8. The third-order valence-corrected chi connectivity index (χ3v) is 13.6. The molecule has 61 heavy (non-hydrogen) atoms. The Morgan fingerprint density at radius 1 is 0.525 bits per heavy atom. The van der Waals surface area contributed by atoms with Crippen molar-refractivity contribution < 1.29 is 23.8 Å². The Bertz CT molecular complexity index is 2570. The molecule has 306 valence electrons. The van der Waals surface area contributed by atoms with Gasteiger partial charge < -0.3 is 14.2 Å². The van der Waals surface area contributed by atoms with E-state index < -0.39 is 0 Å². The lowest BCUT2D eigenvalue weighted by molar-refractivity contribution is -0.140. The van der Waals surface area contributed by atoms with Crippen molar-refractivity contribution in [2.24, 2.45) is 0 Å². The van der Waals surface area contributed by atoms with Crippen LogP contribution in [0.4, 0.5) is 0 Å². The van der Waals surface area contributed by atoms with E-state index in [-0.39, 0.29) is 28.7 Å². The number of esters is 2. The van der Waals surface area contributed by atoms with Crippen molar-refractivity contribution in [2.45, 2.75) is 69.1 Å². The van der Waals surface area contributed by atoms with Crippen LogP contribution >= 0.6 is 0 Å². The first-order valence-electron chi connectivity index (χ1n) is 21.4. The van der Waals surface area contributed by atoms with Crippen LogP contribution in [0, 0.1) is 6.92 Å². The zero-order chi connectivity index (χ0) is 42.5. The van der Waals surface area contributed by atoms with Crippen LogP contribution in [-0.2, 0) is 29.9 Å². The molecule has 0 amide bonds. The summed E-state index contributed by atoms with van der Waals surface area (Å²) in [4.78, 5) is 23.8. The van der Waals surface area contributed by atoms with Crippen LogP contribution in [0.1, 0.15) is 124 Å². The highest BCUT2D eigenvalue weighted by Crippen LogP contribution is 2.64. The van der Waals surface area contributed by atoms with Crippen LogP contribution in [-0.4, -0.2) is 32.3 Å². The minimum atomic E-state index is -0.343. The monoisotopic (exact) mass is 804 g/mol. The van der Waals surface area contributed by atoms with Gasteiger partial charge in [0.05, 0.1) is 20.3 Å². The van der Waals surface area contributed by atoms with Crippen molar-refractivity contribution in [3.8, 4) is 5.75 Å². The number of rotatable bonds is 11. The van der Waals surface area contributed by atoms with Gasteiger partial charge >= 0.3 is 11.9 Å². The summed E-state index contributed by atoms with van der Waals surface area (Å²) < 4.78 is 16.8. The van der Waals surface area contributed by atoms with Crippen LogP contribution in [0.5, 0.6) is 5.75 Å². The van der Waals surface area contributed by atoms with Gasteiger partial charge in [-0.1, -0.05) is 141 Å². The smallest absolute Gasteiger partial charge is 0.333 e. The number of carbonyl (C=O) groups excluding carboxylic acids is 2. The number of methoxy groups -OCH3 is 1. The Hall–Kier alpha value is -6.46. The molecule has 0 spiro atoms. The summed E-state index contributed by atoms with van der Waals surface area (Å²) in [5, 5.41) is 0. The van der Waals surface area contributed by atoms with Gasteiger partial charge in [0.15, 0.2) is 0 Å². The van der Waals surface area contributed by atoms with Gasteiger partial charge in [0.2, 0.25) is 0 Å². The van der Waals surface area contributed by atoms with E-state index in [1.54, 1.807) is 21.0 Å². The number of ether oxygens (including phenoxy) is 3. The van der Waals surface area contributed by atoms with Crippen molar-refractivity contribution in [3.63, 3.8) is 0 Å². The molecule has 6 aromatic rings. The Morgan fingerprint density at radius 2 is 0.885 bits per heavy atom. The molecule has 0 aliphatic heterocycles. The van der Waals surface area contributed by atoms with Gasteiger partial charge in [-0.05, 0) is 119 Å². The van der Waals surface area contributed by atoms with E-state index in [4.69, 9.17) is 14.2 Å². The Balaban J connectivity index is 0.000000157. The number of hydrogen-bond donors (Lipinski definition) is 0. The van der Waals surface area contributed by atoms with Gasteiger partial charge in [-0.3, -0.25) is 0 Å². The van der Waals surface area contributed by atoms with Crippen molar-refractivity contribution in [1.29, 1.82) is 0 Å². The molecule has 0 N–H and O–H groups in total. The highest BCUT2D eigenvalue weighted by Gasteiger charge is 2.54. The van der Waals surface area contributed by atoms with Crippen LogP contribution in [0.25, 0.3) is 0 Å². The fourth-order valence-electron chi connectivity index (χ4n) is 11.3. The zero-order valence-electron chi connectivity index (χ0n) is 35.6. The van der Waals surface area contributed by atoms with E-state index in [2.05, 4.69) is 154 Å². The second-order valence-electron chi connectivity index (χ2n) is 17.0. The van der Waals surface area contributed by atoms with Gasteiger partial charge in [-0.25, -0.2) is 9.59 Å². The van der Waals surface area contributed by atoms with Crippen LogP contribution in [0.3, 0.4) is 0 Å². The molecule has 0 fully saturated rings. The summed E-state index contributed by atoms with van der Waals surface area (Å²) in [6.07, 6.45) is 3.25. The van der Waals surface area contributed by atoms with E-state index >= 15 is 0 Å². The van der Waals surface area contributed by atoms with E-state index in [1.807, 2.05) is 0 Å². The topological polar surface area (TPSA) is 61.8 Å². The fraction of sp³-hybridized carbons (Fsp3) is 0.250. The Kier molecular flexibility index (Phi) is 10.4. The average Bonchev–Trinajstić information content (AvgIpc) is 3.29. The third-order valence-electron chi connectivity index (χ3n) is 13.6. The quantitative estimate of drug-likeness (QED) is 0.0741. The normalized spacial score (nSPS) is 19.9. The summed E-state index contributed by atoms with van der Waals surface area (Å²) in [5.41, 5.74) is 18.1. The molecule has 6 aliphatic rings. The number of aryl methyl sites for hydroxylation is 1. The largest absolute Gasteiger partial charge is 0.496 e. The molecule has 0 saturated heterocycles. The highest BCUT2D eigenvalue weighted by molar-refractivity contribution is 5.87. The van der Waals surface area contributed by atoms with Crippen LogP contribution in [0.15, 0.2) is 158 Å². The van der Waals surface area contributed by atoms with Crippen molar-refractivity contribution >= 4 is 11.9 Å². The summed E-state index contributed by atoms with van der Waals surface area (Å²) in [6.45, 7) is 13.7. The molecule has 0 saturated carbocycles. The Morgan fingerprint density at radius 3 is 1.28 bits per heavy atom. The van der Waals surface area contributed by atoms with Crippen molar-refractivity contribution in [2.75, 3.05) is 20.3 Å². The van der Waals surface area contributed by atoms with Crippen molar-refractivity contribution in [3.05, 3.63) is 230 Å². The first-order chi connectivity index (χ1) is 29.6. The Labute approximate surface area is 359 Å². The van der Waals surface area contributed by atoms with Gasteiger partial charge in [-0.2, -0.15) is 0 Å². The molecule has 5 nitrogen and oxygen atoms in total. The molecule has 5 heteroatoms. The third kappa shape index (κ3) is 6.19. The van der Waals surface area contributed by atoms with Crippen molar-refractivity contribution in [1.82, 2.24) is 0 Å². The SMILES string of the molecule is C=C(C)C(=O)OCCCC12c3ccccc3C(c3ccccc31)c1c(C)ccc(OC)c12.C=C(C)C(=O)OCCCC12c3ccccc3C(c3ccccc31)c1ccccc12. The summed E-state index contributed by atoms with van der Waals surface area (Å²) in [7, 11) is 1.76. The zero-order valence-corrected chi connectivity index (χ0v) is 35.6. The molecule has 12 rings (SSSR count). The van der Waals surface area contributed by atoms with E-state index in [1.165, 1.54) is 72.3 Å². The van der Waals surface area contributed by atoms with Gasteiger partial charge in [0.25, 0.3) is 0 Å². The molecule has 0 aromatic heterocycles. The number of benzene rings is 6. The molecule has 0 atom stereocenters. The molecule has 0 unspecified atom stereocenters. The van der Waals surface area contributed by atoms with Crippen LogP contribution < -0.4 is 4.74 Å². The maximum atomic E-state index is 11.9. The average molecular weight is 805 g/mol. The number of carbonyl (C=O) groups is 2. The molecular weight excluding hydrogens is 753 g/mol. The molecule has 6 aliphatic carbocycles. The first-order valence-corrected chi connectivity index (χ1v) is 21.4. The van der Waals surface area contributed by atoms with E-state index in [0.29, 0.717) is 30.3 Å².